The average Bonchev–Trinajstić information content (AvgIpc) is 3.19. The minimum Gasteiger partial charge on any atom is -0.338 e. The molecule has 0 N–H and O–H groups in total. The molecule has 0 bridgehead atoms. The largest absolute Gasteiger partial charge is 0.338 e. The lowest BCUT2D eigenvalue weighted by atomic mass is 9.87. The summed E-state index contributed by atoms with van der Waals surface area (Å²) in [6, 6.07) is 14.9. The molecule has 0 radical (unpaired) electrons. The van der Waals surface area contributed by atoms with E-state index in [4.69, 9.17) is 0 Å². The molecular formula is C24H25FN4OS. The van der Waals surface area contributed by atoms with E-state index >= 15 is 0 Å². The molecule has 4 rings (SSSR count). The van der Waals surface area contributed by atoms with E-state index < -0.39 is 0 Å². The maximum atomic E-state index is 14.3. The summed E-state index contributed by atoms with van der Waals surface area (Å²) in [5.41, 5.74) is 2.95. The number of carbonyl (C=O) groups is 1. The van der Waals surface area contributed by atoms with E-state index in [0.717, 1.165) is 19.3 Å². The van der Waals surface area contributed by atoms with Crippen molar-refractivity contribution < 1.29 is 9.18 Å². The molecule has 1 unspecified atom stereocenters. The van der Waals surface area contributed by atoms with Gasteiger partial charge in [0.05, 0.1) is 17.4 Å². The second kappa shape index (κ2) is 9.47. The lowest BCUT2D eigenvalue weighted by Gasteiger charge is -2.33. The van der Waals surface area contributed by atoms with Crippen molar-refractivity contribution in [2.75, 3.05) is 12.8 Å². The van der Waals surface area contributed by atoms with Gasteiger partial charge in [0.15, 0.2) is 11.0 Å². The molecule has 1 heterocycles. The van der Waals surface area contributed by atoms with Gasteiger partial charge in [0.2, 0.25) is 5.91 Å². The number of thioether (sulfide) groups is 1. The Morgan fingerprint density at radius 3 is 2.84 bits per heavy atom. The summed E-state index contributed by atoms with van der Waals surface area (Å²) in [6.45, 7) is 4.21. The van der Waals surface area contributed by atoms with E-state index in [1.165, 1.54) is 29.0 Å². The molecular weight excluding hydrogens is 411 g/mol. The summed E-state index contributed by atoms with van der Waals surface area (Å²) in [7, 11) is 1.87. The van der Waals surface area contributed by atoms with E-state index in [1.54, 1.807) is 28.8 Å². The van der Waals surface area contributed by atoms with Crippen molar-refractivity contribution in [1.29, 1.82) is 0 Å². The first-order valence-corrected chi connectivity index (χ1v) is 11.3. The molecule has 1 aromatic heterocycles. The second-order valence-corrected chi connectivity index (χ2v) is 8.53. The van der Waals surface area contributed by atoms with Crippen LogP contribution in [0.2, 0.25) is 0 Å². The smallest absolute Gasteiger partial charge is 0.233 e. The Balaban J connectivity index is 1.50. The highest BCUT2D eigenvalue weighted by Crippen LogP contribution is 2.34. The number of carbonyl (C=O) groups excluding carboxylic acids is 1. The fourth-order valence-electron chi connectivity index (χ4n) is 4.06. The van der Waals surface area contributed by atoms with Gasteiger partial charge in [-0.25, -0.2) is 4.39 Å². The fourth-order valence-corrected chi connectivity index (χ4v) is 4.94. The number of hydrogen-bond acceptors (Lipinski definition) is 4. The average molecular weight is 437 g/mol. The third kappa shape index (κ3) is 4.42. The zero-order valence-corrected chi connectivity index (χ0v) is 18.3. The molecule has 0 spiro atoms. The molecule has 0 saturated carbocycles. The Kier molecular flexibility index (Phi) is 6.51. The van der Waals surface area contributed by atoms with Crippen LogP contribution in [-0.4, -0.2) is 38.4 Å². The normalized spacial score (nSPS) is 15.4. The van der Waals surface area contributed by atoms with Gasteiger partial charge in [0.25, 0.3) is 0 Å². The van der Waals surface area contributed by atoms with Crippen LogP contribution in [0.1, 0.15) is 30.0 Å². The molecule has 160 valence electrons. The molecule has 0 fully saturated rings. The Morgan fingerprint density at radius 2 is 2.03 bits per heavy atom. The minimum absolute atomic E-state index is 0.0345. The van der Waals surface area contributed by atoms with E-state index in [-0.39, 0.29) is 23.5 Å². The summed E-state index contributed by atoms with van der Waals surface area (Å²) in [5.74, 6) is 0.347. The van der Waals surface area contributed by atoms with Crippen molar-refractivity contribution in [2.24, 2.45) is 0 Å². The predicted molar refractivity (Wildman–Crippen MR) is 121 cm³/mol. The number of aromatic nitrogens is 3. The van der Waals surface area contributed by atoms with E-state index in [2.05, 4.69) is 35.0 Å². The molecule has 1 aliphatic carbocycles. The minimum atomic E-state index is -0.358. The lowest BCUT2D eigenvalue weighted by Crippen LogP contribution is -2.34. The van der Waals surface area contributed by atoms with E-state index in [0.29, 0.717) is 23.1 Å². The van der Waals surface area contributed by atoms with Gasteiger partial charge in [0, 0.05) is 13.6 Å². The van der Waals surface area contributed by atoms with Crippen molar-refractivity contribution in [3.63, 3.8) is 0 Å². The van der Waals surface area contributed by atoms with Gasteiger partial charge < -0.3 is 4.90 Å². The van der Waals surface area contributed by atoms with Gasteiger partial charge in [-0.3, -0.25) is 9.36 Å². The van der Waals surface area contributed by atoms with Gasteiger partial charge in [-0.05, 0) is 42.5 Å². The number of allylic oxidation sites excluding steroid dienone is 1. The van der Waals surface area contributed by atoms with Crippen molar-refractivity contribution in [3.8, 4) is 11.4 Å². The number of fused-ring (bicyclic) bond motifs is 1. The molecule has 1 aliphatic rings. The van der Waals surface area contributed by atoms with Crippen molar-refractivity contribution in [1.82, 2.24) is 19.7 Å². The maximum Gasteiger partial charge on any atom is 0.233 e. The Labute approximate surface area is 186 Å². The van der Waals surface area contributed by atoms with Gasteiger partial charge in [0.1, 0.15) is 5.82 Å². The third-order valence-electron chi connectivity index (χ3n) is 5.67. The van der Waals surface area contributed by atoms with E-state index in [9.17, 15) is 9.18 Å². The molecule has 5 nitrogen and oxygen atoms in total. The van der Waals surface area contributed by atoms with Crippen molar-refractivity contribution in [3.05, 3.63) is 78.1 Å². The first-order valence-electron chi connectivity index (χ1n) is 10.4. The lowest BCUT2D eigenvalue weighted by molar-refractivity contribution is -0.129. The fraction of sp³-hybridized carbons (Fsp3) is 0.292. The van der Waals surface area contributed by atoms with Crippen LogP contribution in [-0.2, 0) is 17.8 Å². The number of amides is 1. The van der Waals surface area contributed by atoms with Crippen LogP contribution in [0.25, 0.3) is 11.4 Å². The number of hydrogen-bond donors (Lipinski definition) is 0. The molecule has 0 aliphatic heterocycles. The van der Waals surface area contributed by atoms with Crippen molar-refractivity contribution in [2.45, 2.75) is 37.0 Å². The zero-order valence-electron chi connectivity index (χ0n) is 17.5. The summed E-state index contributed by atoms with van der Waals surface area (Å²) in [6.07, 6.45) is 4.82. The zero-order chi connectivity index (χ0) is 21.8. The molecule has 1 atom stereocenters. The standard InChI is InChI=1S/C24H25FN4OS/c1-3-15-29-23(19-12-6-7-13-20(19)25)26-27-24(29)31-16-22(30)28(2)21-14-8-10-17-9-4-5-11-18(17)21/h3-7,9,11-13,21H,1,8,10,14-16H2,2H3. The van der Waals surface area contributed by atoms with Gasteiger partial charge in [-0.1, -0.05) is 54.2 Å². The Hall–Kier alpha value is -2.93. The second-order valence-electron chi connectivity index (χ2n) is 7.59. The molecule has 3 aromatic rings. The van der Waals surface area contributed by atoms with Crippen molar-refractivity contribution >= 4 is 17.7 Å². The van der Waals surface area contributed by atoms with Crippen LogP contribution in [0.5, 0.6) is 0 Å². The molecule has 31 heavy (non-hydrogen) atoms. The Morgan fingerprint density at radius 1 is 1.26 bits per heavy atom. The van der Waals surface area contributed by atoms with Gasteiger partial charge in [-0.15, -0.1) is 16.8 Å². The predicted octanol–water partition coefficient (Wildman–Crippen LogP) is 4.90. The topological polar surface area (TPSA) is 51.0 Å². The van der Waals surface area contributed by atoms with E-state index in [1.807, 2.05) is 18.0 Å². The molecule has 1 amide bonds. The van der Waals surface area contributed by atoms with Gasteiger partial charge in [-0.2, -0.15) is 0 Å². The highest BCUT2D eigenvalue weighted by Gasteiger charge is 2.27. The SMILES string of the molecule is C=CCn1c(SCC(=O)N(C)C2CCCc3ccccc32)nnc1-c1ccccc1F. The third-order valence-corrected chi connectivity index (χ3v) is 6.62. The van der Waals surface area contributed by atoms with Crippen LogP contribution in [0, 0.1) is 5.82 Å². The monoisotopic (exact) mass is 436 g/mol. The quantitative estimate of drug-likeness (QED) is 0.391. The first kappa shape index (κ1) is 21.3. The number of benzene rings is 2. The number of rotatable bonds is 7. The molecule has 0 saturated heterocycles. The van der Waals surface area contributed by atoms with Crippen LogP contribution in [0.4, 0.5) is 4.39 Å². The highest BCUT2D eigenvalue weighted by atomic mass is 32.2. The first-order chi connectivity index (χ1) is 15.1. The van der Waals surface area contributed by atoms with Gasteiger partial charge >= 0.3 is 0 Å². The summed E-state index contributed by atoms with van der Waals surface area (Å²) < 4.78 is 16.1. The molecule has 7 heteroatoms. The molecule has 2 aromatic carbocycles. The summed E-state index contributed by atoms with van der Waals surface area (Å²) in [5, 5.41) is 8.98. The number of aryl methyl sites for hydroxylation is 1. The highest BCUT2D eigenvalue weighted by molar-refractivity contribution is 7.99. The number of halogens is 1. The van der Waals surface area contributed by atoms with Crippen LogP contribution >= 0.6 is 11.8 Å². The van der Waals surface area contributed by atoms with Crippen LogP contribution < -0.4 is 0 Å². The summed E-state index contributed by atoms with van der Waals surface area (Å²) in [4.78, 5) is 14.8. The Bertz CT molecular complexity index is 1100. The van der Waals surface area contributed by atoms with Crippen LogP contribution in [0.3, 0.4) is 0 Å². The number of nitrogens with zero attached hydrogens (tertiary/aromatic N) is 4. The van der Waals surface area contributed by atoms with Crippen LogP contribution in [0.15, 0.2) is 66.3 Å². The maximum absolute atomic E-state index is 14.3. The summed E-state index contributed by atoms with van der Waals surface area (Å²) >= 11 is 1.32.